The molecule has 0 bridgehead atoms. The Labute approximate surface area is 223 Å². The molecule has 0 saturated carbocycles. The Morgan fingerprint density at radius 1 is 1.00 bits per heavy atom. The van der Waals surface area contributed by atoms with Crippen molar-refractivity contribution >= 4 is 17.5 Å². The summed E-state index contributed by atoms with van der Waals surface area (Å²) in [6.07, 6.45) is -6.46. The number of carbonyl (C=O) groups is 1. The quantitative estimate of drug-likeness (QED) is 0.431. The molecule has 0 spiro atoms. The zero-order chi connectivity index (χ0) is 29.1. The third-order valence-electron chi connectivity index (χ3n) is 6.71. The number of halogens is 6. The van der Waals surface area contributed by atoms with Gasteiger partial charge in [0.25, 0.3) is 11.5 Å². The first-order chi connectivity index (χ1) is 18.9. The van der Waals surface area contributed by atoms with E-state index in [1.54, 1.807) is 14.9 Å². The molecule has 2 atom stereocenters. The number of alkyl halides is 6. The van der Waals surface area contributed by atoms with Crippen molar-refractivity contribution in [2.75, 3.05) is 50.2 Å². The third-order valence-corrected chi connectivity index (χ3v) is 6.71. The van der Waals surface area contributed by atoms with E-state index in [9.17, 15) is 35.9 Å². The van der Waals surface area contributed by atoms with Gasteiger partial charge in [0.2, 0.25) is 5.95 Å². The summed E-state index contributed by atoms with van der Waals surface area (Å²) < 4.78 is 89.2. The van der Waals surface area contributed by atoms with Gasteiger partial charge in [0.05, 0.1) is 36.7 Å². The van der Waals surface area contributed by atoms with Crippen LogP contribution in [0.4, 0.5) is 38.0 Å². The number of amides is 1. The van der Waals surface area contributed by atoms with Gasteiger partial charge in [-0.05, 0) is 12.8 Å². The molecule has 220 valence electrons. The molecule has 1 amide bonds. The number of aromatic nitrogens is 4. The van der Waals surface area contributed by atoms with Crippen LogP contribution in [-0.2, 0) is 26.6 Å². The number of hydrogen-bond acceptors (Lipinski definition) is 9. The highest BCUT2D eigenvalue weighted by Crippen LogP contribution is 2.32. The van der Waals surface area contributed by atoms with Crippen LogP contribution in [0.5, 0.6) is 0 Å². The van der Waals surface area contributed by atoms with E-state index in [0.29, 0.717) is 38.9 Å². The molecule has 2 aliphatic heterocycles. The minimum atomic E-state index is -4.92. The number of rotatable bonds is 9. The molecule has 0 aliphatic carbocycles. The van der Waals surface area contributed by atoms with E-state index >= 15 is 0 Å². The maximum Gasteiger partial charge on any atom is 0.423 e. The van der Waals surface area contributed by atoms with E-state index in [4.69, 9.17) is 9.47 Å². The van der Waals surface area contributed by atoms with Crippen LogP contribution in [0.3, 0.4) is 0 Å². The number of likely N-dealkylation sites (tertiary alicyclic amines) is 1. The number of nitrogens with one attached hydrogen (secondary N) is 2. The van der Waals surface area contributed by atoms with Gasteiger partial charge >= 0.3 is 12.4 Å². The molecular formula is C23H27F6N7O4. The molecule has 2 fully saturated rings. The molecule has 2 aliphatic rings. The molecule has 2 N–H and O–H groups in total. The van der Waals surface area contributed by atoms with Crippen LogP contribution >= 0.6 is 0 Å². The molecule has 4 heterocycles. The lowest BCUT2D eigenvalue weighted by molar-refractivity contribution is -0.140. The van der Waals surface area contributed by atoms with Gasteiger partial charge in [0.1, 0.15) is 11.7 Å². The van der Waals surface area contributed by atoms with Gasteiger partial charge in [-0.3, -0.25) is 9.59 Å². The number of carbonyl (C=O) groups excluding carboxylic acids is 1. The van der Waals surface area contributed by atoms with Gasteiger partial charge in [-0.15, -0.1) is 0 Å². The second-order valence-corrected chi connectivity index (χ2v) is 9.41. The van der Waals surface area contributed by atoms with Gasteiger partial charge in [0.15, 0.2) is 0 Å². The largest absolute Gasteiger partial charge is 0.423 e. The number of hydrogen-bond donors (Lipinski definition) is 2. The molecule has 0 unspecified atom stereocenters. The van der Waals surface area contributed by atoms with Crippen LogP contribution in [0.1, 0.15) is 30.4 Å². The summed E-state index contributed by atoms with van der Waals surface area (Å²) in [4.78, 5) is 35.9. The van der Waals surface area contributed by atoms with Gasteiger partial charge in [-0.1, -0.05) is 0 Å². The number of aromatic amines is 1. The third kappa shape index (κ3) is 6.80. The summed E-state index contributed by atoms with van der Waals surface area (Å²) in [7, 11) is 1.35. The average molecular weight is 580 g/mol. The fourth-order valence-electron chi connectivity index (χ4n) is 4.77. The fraction of sp³-hybridized carbons (Fsp3) is 0.609. The van der Waals surface area contributed by atoms with E-state index in [1.165, 1.54) is 7.11 Å². The Bertz CT molecular complexity index is 1220. The molecule has 0 radical (unpaired) electrons. The number of piperidine rings is 1. The van der Waals surface area contributed by atoms with Crippen LogP contribution in [0.15, 0.2) is 23.4 Å². The number of ether oxygens (including phenoxy) is 2. The molecule has 17 heteroatoms. The van der Waals surface area contributed by atoms with Gasteiger partial charge in [-0.2, -0.15) is 31.4 Å². The van der Waals surface area contributed by atoms with Crippen LogP contribution in [0.2, 0.25) is 0 Å². The van der Waals surface area contributed by atoms with Crippen molar-refractivity contribution in [1.82, 2.24) is 25.1 Å². The number of H-pyrrole nitrogens is 1. The van der Waals surface area contributed by atoms with Crippen molar-refractivity contribution in [2.24, 2.45) is 0 Å². The zero-order valence-corrected chi connectivity index (χ0v) is 21.3. The summed E-state index contributed by atoms with van der Waals surface area (Å²) >= 11 is 0. The van der Waals surface area contributed by atoms with Crippen molar-refractivity contribution in [2.45, 2.75) is 49.8 Å². The summed E-state index contributed by atoms with van der Waals surface area (Å²) in [5.41, 5.74) is -4.30. The maximum absolute atomic E-state index is 13.4. The van der Waals surface area contributed by atoms with E-state index in [1.807, 2.05) is 0 Å². The van der Waals surface area contributed by atoms with Crippen LogP contribution in [0.25, 0.3) is 0 Å². The number of nitrogens with zero attached hydrogens (tertiary/aromatic N) is 5. The highest BCUT2D eigenvalue weighted by molar-refractivity contribution is 5.83. The zero-order valence-electron chi connectivity index (χ0n) is 21.3. The van der Waals surface area contributed by atoms with E-state index in [-0.39, 0.29) is 31.1 Å². The van der Waals surface area contributed by atoms with Crippen LogP contribution in [0, 0.1) is 0 Å². The lowest BCUT2D eigenvalue weighted by Gasteiger charge is -2.36. The first kappa shape index (κ1) is 29.5. The first-order valence-electron chi connectivity index (χ1n) is 12.3. The predicted octanol–water partition coefficient (Wildman–Crippen LogP) is 2.31. The maximum atomic E-state index is 13.4. The van der Waals surface area contributed by atoms with Gasteiger partial charge in [0, 0.05) is 51.6 Å². The summed E-state index contributed by atoms with van der Waals surface area (Å²) in [6, 6.07) is -0.931. The van der Waals surface area contributed by atoms with E-state index in [0.717, 1.165) is 18.6 Å². The Balaban J connectivity index is 1.31. The van der Waals surface area contributed by atoms with Gasteiger partial charge in [-0.25, -0.2) is 15.1 Å². The Morgan fingerprint density at radius 2 is 1.68 bits per heavy atom. The minimum absolute atomic E-state index is 0.0702. The van der Waals surface area contributed by atoms with Gasteiger partial charge < -0.3 is 24.6 Å². The summed E-state index contributed by atoms with van der Waals surface area (Å²) in [5.74, 6) is -0.0735. The lowest BCUT2D eigenvalue weighted by atomic mass is 10.0. The molecule has 11 nitrogen and oxygen atoms in total. The topological polar surface area (TPSA) is 126 Å². The average Bonchev–Trinajstić information content (AvgIpc) is 3.26. The van der Waals surface area contributed by atoms with Crippen molar-refractivity contribution in [3.63, 3.8) is 0 Å². The summed E-state index contributed by atoms with van der Waals surface area (Å²) in [5, 5.41) is 7.77. The fourth-order valence-corrected chi connectivity index (χ4v) is 4.77. The standard InChI is InChI=1S/C23H27F6N7O4/c1-39-11-14(33-16-10-32-34-19(37)18(16)23(27,28)29)12-40-17-4-7-36(20(17)38)15-2-5-35(6-3-15)21-30-8-13(9-31-21)22(24,25)26/h8-10,14-15,17H,2-7,11-12H2,1H3,(H2,33,34,37)/t14-,17-/m0/s1. The molecule has 4 rings (SSSR count). The Hall–Kier alpha value is -3.47. The van der Waals surface area contributed by atoms with Crippen LogP contribution < -0.4 is 15.8 Å². The first-order valence-corrected chi connectivity index (χ1v) is 12.3. The molecule has 40 heavy (non-hydrogen) atoms. The van der Waals surface area contributed by atoms with Crippen LogP contribution in [-0.4, -0.2) is 89.1 Å². The molecule has 2 aromatic heterocycles. The summed E-state index contributed by atoms with van der Waals surface area (Å²) in [6.45, 7) is 1.06. The predicted molar refractivity (Wildman–Crippen MR) is 127 cm³/mol. The SMILES string of the molecule is COC[C@@H](CO[C@H]1CCN(C2CCN(c3ncc(C(F)(F)F)cn3)CC2)C1=O)Nc1cn[nH]c(=O)c1C(F)(F)F. The Morgan fingerprint density at radius 3 is 2.27 bits per heavy atom. The smallest absolute Gasteiger partial charge is 0.382 e. The monoisotopic (exact) mass is 579 g/mol. The minimum Gasteiger partial charge on any atom is -0.382 e. The highest BCUT2D eigenvalue weighted by atomic mass is 19.4. The second kappa shape index (κ2) is 12.0. The highest BCUT2D eigenvalue weighted by Gasteiger charge is 2.40. The molecule has 2 saturated heterocycles. The lowest BCUT2D eigenvalue weighted by Crippen LogP contribution is -2.47. The molecule has 2 aromatic rings. The van der Waals surface area contributed by atoms with Crippen molar-refractivity contribution < 1.29 is 40.6 Å². The molecular weight excluding hydrogens is 552 g/mol. The van der Waals surface area contributed by atoms with Crippen molar-refractivity contribution in [1.29, 1.82) is 0 Å². The number of anilines is 2. The van der Waals surface area contributed by atoms with E-state index < -0.39 is 46.9 Å². The Kier molecular flexibility index (Phi) is 8.82. The van der Waals surface area contributed by atoms with E-state index in [2.05, 4.69) is 20.4 Å². The number of methoxy groups -OCH3 is 1. The van der Waals surface area contributed by atoms with Crippen molar-refractivity contribution in [3.8, 4) is 0 Å². The second-order valence-electron chi connectivity index (χ2n) is 9.41. The van der Waals surface area contributed by atoms with Crippen molar-refractivity contribution in [3.05, 3.63) is 40.1 Å². The normalized spacial score (nSPS) is 19.8. The molecule has 0 aromatic carbocycles.